The third kappa shape index (κ3) is 10.2. The van der Waals surface area contributed by atoms with Gasteiger partial charge in [0.25, 0.3) is 0 Å². The molecule has 0 amide bonds. The summed E-state index contributed by atoms with van der Waals surface area (Å²) in [5, 5.41) is 6.50. The summed E-state index contributed by atoms with van der Waals surface area (Å²) in [6.45, 7) is 6.66. The highest BCUT2D eigenvalue weighted by atomic mass is 127. The molecule has 1 saturated carbocycles. The standard InChI is InChI=1S/C16H31N3O2.HI/c1-3-5-12-18-16(17-4-2)19-13-8-11-15(20)21-14-9-6-7-10-14;/h14H,3-13H2,1-2H3,(H2,17,18,19);1H. The van der Waals surface area contributed by atoms with Crippen molar-refractivity contribution >= 4 is 35.9 Å². The number of rotatable bonds is 9. The second-order valence-corrected chi connectivity index (χ2v) is 5.54. The molecule has 0 aromatic heterocycles. The molecule has 0 bridgehead atoms. The maximum absolute atomic E-state index is 11.7. The second-order valence-electron chi connectivity index (χ2n) is 5.54. The van der Waals surface area contributed by atoms with Crippen molar-refractivity contribution in [3.8, 4) is 0 Å². The van der Waals surface area contributed by atoms with Crippen molar-refractivity contribution < 1.29 is 9.53 Å². The number of ether oxygens (including phenoxy) is 1. The molecule has 0 unspecified atom stereocenters. The molecule has 0 spiro atoms. The van der Waals surface area contributed by atoms with Crippen LogP contribution in [0, 0.1) is 0 Å². The molecule has 1 fully saturated rings. The van der Waals surface area contributed by atoms with Gasteiger partial charge in [0.15, 0.2) is 5.96 Å². The van der Waals surface area contributed by atoms with Crippen molar-refractivity contribution in [3.63, 3.8) is 0 Å². The molecule has 0 aromatic rings. The molecular formula is C16H32IN3O2. The van der Waals surface area contributed by atoms with E-state index in [2.05, 4.69) is 29.5 Å². The summed E-state index contributed by atoms with van der Waals surface area (Å²) in [7, 11) is 0. The van der Waals surface area contributed by atoms with Gasteiger partial charge in [0, 0.05) is 26.1 Å². The second kappa shape index (κ2) is 14.1. The fourth-order valence-corrected chi connectivity index (χ4v) is 2.39. The SMILES string of the molecule is CCCCNC(=NCCCC(=O)OC1CCCC1)NCC.I. The maximum atomic E-state index is 11.7. The molecule has 1 rings (SSSR count). The molecule has 0 radical (unpaired) electrons. The Balaban J connectivity index is 0.00000441. The Bertz CT molecular complexity index is 319. The van der Waals surface area contributed by atoms with E-state index in [-0.39, 0.29) is 36.0 Å². The van der Waals surface area contributed by atoms with E-state index in [1.54, 1.807) is 0 Å². The largest absolute Gasteiger partial charge is 0.462 e. The van der Waals surface area contributed by atoms with Gasteiger partial charge >= 0.3 is 5.97 Å². The minimum absolute atomic E-state index is 0. The monoisotopic (exact) mass is 425 g/mol. The van der Waals surface area contributed by atoms with E-state index in [0.717, 1.165) is 44.7 Å². The van der Waals surface area contributed by atoms with Crippen LogP contribution < -0.4 is 10.6 Å². The molecule has 6 heteroatoms. The summed E-state index contributed by atoms with van der Waals surface area (Å²) < 4.78 is 5.43. The first-order chi connectivity index (χ1) is 10.3. The highest BCUT2D eigenvalue weighted by Gasteiger charge is 2.18. The molecule has 0 saturated heterocycles. The van der Waals surface area contributed by atoms with Gasteiger partial charge in [-0.25, -0.2) is 0 Å². The zero-order valence-electron chi connectivity index (χ0n) is 14.0. The van der Waals surface area contributed by atoms with Gasteiger partial charge in [-0.15, -0.1) is 24.0 Å². The van der Waals surface area contributed by atoms with Gasteiger partial charge in [-0.2, -0.15) is 0 Å². The molecule has 5 nitrogen and oxygen atoms in total. The molecule has 0 atom stereocenters. The van der Waals surface area contributed by atoms with E-state index < -0.39 is 0 Å². The summed E-state index contributed by atoms with van der Waals surface area (Å²) in [6.07, 6.45) is 8.15. The first kappa shape index (κ1) is 21.5. The smallest absolute Gasteiger partial charge is 0.306 e. The van der Waals surface area contributed by atoms with E-state index >= 15 is 0 Å². The maximum Gasteiger partial charge on any atom is 0.306 e. The fourth-order valence-electron chi connectivity index (χ4n) is 2.39. The predicted molar refractivity (Wildman–Crippen MR) is 102 cm³/mol. The van der Waals surface area contributed by atoms with Gasteiger partial charge < -0.3 is 15.4 Å². The molecule has 1 aliphatic carbocycles. The van der Waals surface area contributed by atoms with Gasteiger partial charge in [-0.1, -0.05) is 13.3 Å². The highest BCUT2D eigenvalue weighted by molar-refractivity contribution is 14.0. The molecule has 2 N–H and O–H groups in total. The lowest BCUT2D eigenvalue weighted by Crippen LogP contribution is -2.37. The van der Waals surface area contributed by atoms with E-state index in [0.29, 0.717) is 13.0 Å². The van der Waals surface area contributed by atoms with E-state index in [4.69, 9.17) is 4.74 Å². The number of guanidine groups is 1. The third-order valence-electron chi connectivity index (χ3n) is 3.58. The summed E-state index contributed by atoms with van der Waals surface area (Å²) in [4.78, 5) is 16.2. The summed E-state index contributed by atoms with van der Waals surface area (Å²) in [6, 6.07) is 0. The van der Waals surface area contributed by atoms with E-state index in [1.807, 2.05) is 0 Å². The molecule has 0 aromatic carbocycles. The van der Waals surface area contributed by atoms with Crippen molar-refractivity contribution in [1.29, 1.82) is 0 Å². The Morgan fingerprint density at radius 3 is 2.55 bits per heavy atom. The number of esters is 1. The van der Waals surface area contributed by atoms with Gasteiger partial charge in [-0.05, 0) is 45.4 Å². The van der Waals surface area contributed by atoms with Gasteiger partial charge in [0.1, 0.15) is 6.10 Å². The van der Waals surface area contributed by atoms with Crippen LogP contribution in [0.5, 0.6) is 0 Å². The molecule has 0 heterocycles. The lowest BCUT2D eigenvalue weighted by molar-refractivity contribution is -0.148. The minimum atomic E-state index is -0.0685. The van der Waals surface area contributed by atoms with Crippen LogP contribution in [0.1, 0.15) is 65.2 Å². The van der Waals surface area contributed by atoms with Crippen LogP contribution in [-0.4, -0.2) is 37.7 Å². The average Bonchev–Trinajstić information content (AvgIpc) is 2.96. The number of carbonyl (C=O) groups excluding carboxylic acids is 1. The lowest BCUT2D eigenvalue weighted by Gasteiger charge is -2.12. The number of hydrogen-bond acceptors (Lipinski definition) is 3. The molecule has 0 aliphatic heterocycles. The molecule has 130 valence electrons. The van der Waals surface area contributed by atoms with Gasteiger partial charge in [-0.3, -0.25) is 9.79 Å². The van der Waals surface area contributed by atoms with Crippen LogP contribution in [0.25, 0.3) is 0 Å². The van der Waals surface area contributed by atoms with Crippen LogP contribution in [-0.2, 0) is 9.53 Å². The number of carbonyl (C=O) groups is 1. The Kier molecular flexibility index (Phi) is 13.7. The Labute approximate surface area is 152 Å². The van der Waals surface area contributed by atoms with Crippen molar-refractivity contribution in [2.45, 2.75) is 71.3 Å². The summed E-state index contributed by atoms with van der Waals surface area (Å²) >= 11 is 0. The van der Waals surface area contributed by atoms with Crippen LogP contribution in [0.3, 0.4) is 0 Å². The Hall–Kier alpha value is -0.530. The van der Waals surface area contributed by atoms with Gasteiger partial charge in [0.2, 0.25) is 0 Å². The average molecular weight is 425 g/mol. The first-order valence-corrected chi connectivity index (χ1v) is 8.48. The lowest BCUT2D eigenvalue weighted by atomic mass is 10.3. The van der Waals surface area contributed by atoms with E-state index in [1.165, 1.54) is 19.3 Å². The number of aliphatic imine (C=N–C) groups is 1. The van der Waals surface area contributed by atoms with Crippen molar-refractivity contribution in [3.05, 3.63) is 0 Å². The number of nitrogens with zero attached hydrogens (tertiary/aromatic N) is 1. The van der Waals surface area contributed by atoms with Crippen LogP contribution >= 0.6 is 24.0 Å². The Morgan fingerprint density at radius 2 is 1.91 bits per heavy atom. The van der Waals surface area contributed by atoms with Gasteiger partial charge in [0.05, 0.1) is 0 Å². The topological polar surface area (TPSA) is 62.7 Å². The first-order valence-electron chi connectivity index (χ1n) is 8.48. The number of hydrogen-bond donors (Lipinski definition) is 2. The Morgan fingerprint density at radius 1 is 1.18 bits per heavy atom. The summed E-state index contributed by atoms with van der Waals surface area (Å²) in [5.41, 5.74) is 0. The minimum Gasteiger partial charge on any atom is -0.462 e. The van der Waals surface area contributed by atoms with Crippen molar-refractivity contribution in [2.75, 3.05) is 19.6 Å². The van der Waals surface area contributed by atoms with Crippen LogP contribution in [0.4, 0.5) is 0 Å². The van der Waals surface area contributed by atoms with E-state index in [9.17, 15) is 4.79 Å². The quantitative estimate of drug-likeness (QED) is 0.196. The van der Waals surface area contributed by atoms with Crippen molar-refractivity contribution in [2.24, 2.45) is 4.99 Å². The predicted octanol–water partition coefficient (Wildman–Crippen LogP) is 3.23. The third-order valence-corrected chi connectivity index (χ3v) is 3.58. The van der Waals surface area contributed by atoms with Crippen LogP contribution in [0.15, 0.2) is 4.99 Å². The molecule has 22 heavy (non-hydrogen) atoms. The zero-order chi connectivity index (χ0) is 15.3. The number of halogens is 1. The highest BCUT2D eigenvalue weighted by Crippen LogP contribution is 2.21. The number of unbranched alkanes of at least 4 members (excludes halogenated alkanes) is 1. The zero-order valence-corrected chi connectivity index (χ0v) is 16.4. The molecular weight excluding hydrogens is 393 g/mol. The van der Waals surface area contributed by atoms with Crippen molar-refractivity contribution in [1.82, 2.24) is 10.6 Å². The number of nitrogens with one attached hydrogen (secondary N) is 2. The summed E-state index contributed by atoms with van der Waals surface area (Å²) in [5.74, 6) is 0.774. The molecule has 1 aliphatic rings. The normalized spacial score (nSPS) is 15.3. The van der Waals surface area contributed by atoms with Crippen LogP contribution in [0.2, 0.25) is 0 Å². The fraction of sp³-hybridized carbons (Fsp3) is 0.875.